The van der Waals surface area contributed by atoms with Crippen molar-refractivity contribution in [3.8, 4) is 11.3 Å². The normalized spacial score (nSPS) is 10.6. The van der Waals surface area contributed by atoms with Gasteiger partial charge in [-0.25, -0.2) is 9.97 Å². The molecule has 2 heterocycles. The number of rotatable bonds is 8. The van der Waals surface area contributed by atoms with Crippen LogP contribution in [-0.4, -0.2) is 27.4 Å². The Balaban J connectivity index is 1.47. The third-order valence-corrected chi connectivity index (χ3v) is 5.15. The summed E-state index contributed by atoms with van der Waals surface area (Å²) in [5.41, 5.74) is 5.96. The minimum atomic E-state index is -0.158. The second-order valence-corrected chi connectivity index (χ2v) is 7.59. The predicted octanol–water partition coefficient (Wildman–Crippen LogP) is 4.95. The summed E-state index contributed by atoms with van der Waals surface area (Å²) in [7, 11) is 0. The van der Waals surface area contributed by atoms with Crippen LogP contribution in [0.1, 0.15) is 28.4 Å². The van der Waals surface area contributed by atoms with Gasteiger partial charge in [0.1, 0.15) is 0 Å². The van der Waals surface area contributed by atoms with Gasteiger partial charge in [-0.1, -0.05) is 25.1 Å². The lowest BCUT2D eigenvalue weighted by Crippen LogP contribution is -2.14. The second kappa shape index (κ2) is 10.5. The lowest BCUT2D eigenvalue weighted by atomic mass is 10.1. The summed E-state index contributed by atoms with van der Waals surface area (Å²) in [5, 5.41) is 9.51. The summed E-state index contributed by atoms with van der Waals surface area (Å²) < 4.78 is 0. The van der Waals surface area contributed by atoms with Crippen molar-refractivity contribution < 1.29 is 4.79 Å². The first-order chi connectivity index (χ1) is 16.1. The van der Waals surface area contributed by atoms with E-state index in [9.17, 15) is 4.79 Å². The van der Waals surface area contributed by atoms with Gasteiger partial charge in [-0.05, 0) is 67.1 Å². The number of carbonyl (C=O) groups is 1. The number of nitrogens with zero attached hydrogens (tertiary/aromatic N) is 3. The van der Waals surface area contributed by atoms with Gasteiger partial charge in [0, 0.05) is 47.6 Å². The lowest BCUT2D eigenvalue weighted by molar-refractivity contribution is 0.102. The average molecular weight is 439 g/mol. The zero-order chi connectivity index (χ0) is 23.0. The molecule has 1 amide bonds. The van der Waals surface area contributed by atoms with Gasteiger partial charge in [0.15, 0.2) is 0 Å². The molecular formula is C26H26N6O. The molecule has 0 fully saturated rings. The SMILES string of the molecule is CCNCc1ccc(C(=O)Nc2ccc(C)c(Nc3nccc(-c4cccnc4)n3)c2)cc1. The Hall–Kier alpha value is -4.10. The molecule has 0 aliphatic rings. The van der Waals surface area contributed by atoms with Crippen LogP contribution in [0, 0.1) is 6.92 Å². The third kappa shape index (κ3) is 5.78. The highest BCUT2D eigenvalue weighted by molar-refractivity contribution is 6.04. The van der Waals surface area contributed by atoms with Crippen LogP contribution in [0.15, 0.2) is 79.3 Å². The van der Waals surface area contributed by atoms with Crippen molar-refractivity contribution in [2.75, 3.05) is 17.2 Å². The molecule has 0 saturated heterocycles. The largest absolute Gasteiger partial charge is 0.324 e. The smallest absolute Gasteiger partial charge is 0.255 e. The van der Waals surface area contributed by atoms with E-state index in [0.29, 0.717) is 17.2 Å². The van der Waals surface area contributed by atoms with E-state index in [2.05, 4.69) is 37.8 Å². The first-order valence-electron chi connectivity index (χ1n) is 10.8. The number of anilines is 3. The Morgan fingerprint density at radius 3 is 2.61 bits per heavy atom. The zero-order valence-corrected chi connectivity index (χ0v) is 18.7. The van der Waals surface area contributed by atoms with Crippen LogP contribution in [-0.2, 0) is 6.54 Å². The quantitative estimate of drug-likeness (QED) is 0.360. The van der Waals surface area contributed by atoms with Crippen LogP contribution < -0.4 is 16.0 Å². The minimum absolute atomic E-state index is 0.158. The van der Waals surface area contributed by atoms with Crippen LogP contribution in [0.3, 0.4) is 0 Å². The maximum absolute atomic E-state index is 12.7. The molecule has 0 radical (unpaired) electrons. The number of carbonyl (C=O) groups excluding carboxylic acids is 1. The molecule has 0 aliphatic heterocycles. The number of pyridine rings is 1. The molecule has 0 bridgehead atoms. The van der Waals surface area contributed by atoms with E-state index in [1.54, 1.807) is 18.6 Å². The number of hydrogen-bond donors (Lipinski definition) is 3. The highest BCUT2D eigenvalue weighted by Gasteiger charge is 2.09. The first kappa shape index (κ1) is 22.1. The summed E-state index contributed by atoms with van der Waals surface area (Å²) >= 11 is 0. The van der Waals surface area contributed by atoms with E-state index in [1.165, 1.54) is 0 Å². The molecule has 4 rings (SSSR count). The molecule has 0 spiro atoms. The summed E-state index contributed by atoms with van der Waals surface area (Å²) in [6.07, 6.45) is 5.20. The van der Waals surface area contributed by atoms with E-state index in [-0.39, 0.29) is 5.91 Å². The zero-order valence-electron chi connectivity index (χ0n) is 18.7. The molecular weight excluding hydrogens is 412 g/mol. The molecule has 3 N–H and O–H groups in total. The molecule has 2 aromatic carbocycles. The maximum atomic E-state index is 12.7. The minimum Gasteiger partial charge on any atom is -0.324 e. The van der Waals surface area contributed by atoms with E-state index in [0.717, 1.165) is 41.2 Å². The van der Waals surface area contributed by atoms with Gasteiger partial charge < -0.3 is 16.0 Å². The Kier molecular flexibility index (Phi) is 7.02. The van der Waals surface area contributed by atoms with E-state index in [4.69, 9.17) is 0 Å². The van der Waals surface area contributed by atoms with Gasteiger partial charge in [-0.3, -0.25) is 9.78 Å². The van der Waals surface area contributed by atoms with E-state index >= 15 is 0 Å². The molecule has 0 saturated carbocycles. The molecule has 166 valence electrons. The summed E-state index contributed by atoms with van der Waals surface area (Å²) in [6, 6.07) is 19.0. The highest BCUT2D eigenvalue weighted by atomic mass is 16.1. The molecule has 0 atom stereocenters. The monoisotopic (exact) mass is 438 g/mol. The number of amides is 1. The molecule has 4 aromatic rings. The Bertz CT molecular complexity index is 1230. The highest BCUT2D eigenvalue weighted by Crippen LogP contribution is 2.24. The van der Waals surface area contributed by atoms with Crippen molar-refractivity contribution >= 4 is 23.2 Å². The number of benzene rings is 2. The van der Waals surface area contributed by atoms with Crippen LogP contribution >= 0.6 is 0 Å². The van der Waals surface area contributed by atoms with Gasteiger partial charge in [0.25, 0.3) is 5.91 Å². The number of aromatic nitrogens is 3. The summed E-state index contributed by atoms with van der Waals surface area (Å²) in [4.78, 5) is 25.8. The molecule has 7 nitrogen and oxygen atoms in total. The summed E-state index contributed by atoms with van der Waals surface area (Å²) in [6.45, 7) is 5.75. The van der Waals surface area contributed by atoms with Crippen LogP contribution in [0.4, 0.5) is 17.3 Å². The average Bonchev–Trinajstić information content (AvgIpc) is 2.86. The topological polar surface area (TPSA) is 91.8 Å². The van der Waals surface area contributed by atoms with Crippen molar-refractivity contribution in [2.24, 2.45) is 0 Å². The van der Waals surface area contributed by atoms with Crippen molar-refractivity contribution in [3.05, 3.63) is 95.9 Å². The molecule has 2 aromatic heterocycles. The van der Waals surface area contributed by atoms with Crippen molar-refractivity contribution in [1.29, 1.82) is 0 Å². The molecule has 33 heavy (non-hydrogen) atoms. The standard InChI is InChI=1S/C26H26N6O/c1-3-27-16-19-7-9-20(10-8-19)25(33)30-22-11-6-18(2)24(15-22)32-26-29-14-12-23(31-26)21-5-4-13-28-17-21/h4-15,17,27H,3,16H2,1-2H3,(H,30,33)(H,29,31,32). The van der Waals surface area contributed by atoms with Gasteiger partial charge >= 0.3 is 0 Å². The fraction of sp³-hybridized carbons (Fsp3) is 0.154. The number of nitrogens with one attached hydrogen (secondary N) is 3. The van der Waals surface area contributed by atoms with Crippen molar-refractivity contribution in [2.45, 2.75) is 20.4 Å². The third-order valence-electron chi connectivity index (χ3n) is 5.15. The van der Waals surface area contributed by atoms with Gasteiger partial charge in [-0.2, -0.15) is 0 Å². The maximum Gasteiger partial charge on any atom is 0.255 e. The van der Waals surface area contributed by atoms with E-state index in [1.807, 2.05) is 67.6 Å². The summed E-state index contributed by atoms with van der Waals surface area (Å²) in [5.74, 6) is 0.314. The van der Waals surface area contributed by atoms with Crippen LogP contribution in [0.25, 0.3) is 11.3 Å². The van der Waals surface area contributed by atoms with Crippen molar-refractivity contribution in [3.63, 3.8) is 0 Å². The number of aryl methyl sites for hydroxylation is 1. The molecule has 7 heteroatoms. The lowest BCUT2D eigenvalue weighted by Gasteiger charge is -2.12. The molecule has 0 unspecified atom stereocenters. The van der Waals surface area contributed by atoms with Gasteiger partial charge in [-0.15, -0.1) is 0 Å². The first-order valence-corrected chi connectivity index (χ1v) is 10.8. The Morgan fingerprint density at radius 1 is 1.00 bits per heavy atom. The predicted molar refractivity (Wildman–Crippen MR) is 132 cm³/mol. The fourth-order valence-corrected chi connectivity index (χ4v) is 3.30. The van der Waals surface area contributed by atoms with Gasteiger partial charge in [0.05, 0.1) is 5.69 Å². The fourth-order valence-electron chi connectivity index (χ4n) is 3.30. The van der Waals surface area contributed by atoms with Crippen molar-refractivity contribution in [1.82, 2.24) is 20.3 Å². The number of hydrogen-bond acceptors (Lipinski definition) is 6. The Labute approximate surface area is 193 Å². The Morgan fingerprint density at radius 2 is 1.85 bits per heavy atom. The van der Waals surface area contributed by atoms with Crippen LogP contribution in [0.5, 0.6) is 0 Å². The van der Waals surface area contributed by atoms with E-state index < -0.39 is 0 Å². The molecule has 0 aliphatic carbocycles. The van der Waals surface area contributed by atoms with Gasteiger partial charge in [0.2, 0.25) is 5.95 Å². The van der Waals surface area contributed by atoms with Crippen LogP contribution in [0.2, 0.25) is 0 Å². The second-order valence-electron chi connectivity index (χ2n) is 7.59.